The van der Waals surface area contributed by atoms with Crippen molar-refractivity contribution < 1.29 is 0 Å². The van der Waals surface area contributed by atoms with Gasteiger partial charge in [-0.15, -0.1) is 0 Å². The smallest absolute Gasteiger partial charge is 0.173 e. The average molecular weight is 235 g/mol. The molecule has 4 heteroatoms. The Morgan fingerprint density at radius 3 is 2.62 bits per heavy atom. The van der Waals surface area contributed by atoms with Gasteiger partial charge in [0.25, 0.3) is 0 Å². The summed E-state index contributed by atoms with van der Waals surface area (Å²) >= 11 is 5.22. The maximum absolute atomic E-state index is 5.77. The van der Waals surface area contributed by atoms with Crippen molar-refractivity contribution in [3.63, 3.8) is 0 Å². The first-order chi connectivity index (χ1) is 7.66. The summed E-state index contributed by atoms with van der Waals surface area (Å²) < 4.78 is 0. The lowest BCUT2D eigenvalue weighted by Gasteiger charge is -2.17. The van der Waals surface area contributed by atoms with Gasteiger partial charge in [-0.2, -0.15) is 0 Å². The van der Waals surface area contributed by atoms with Crippen molar-refractivity contribution in [2.24, 2.45) is 5.73 Å². The van der Waals surface area contributed by atoms with Crippen molar-refractivity contribution in [2.45, 2.75) is 19.4 Å². The largest absolute Gasteiger partial charge is 0.360 e. The number of hydrogen-bond donors (Lipinski definition) is 2. The molecule has 0 aliphatic carbocycles. The van der Waals surface area contributed by atoms with Crippen LogP contribution in [0.15, 0.2) is 24.3 Å². The van der Waals surface area contributed by atoms with Crippen LogP contribution in [0, 0.1) is 0 Å². The van der Waals surface area contributed by atoms with Gasteiger partial charge in [0.1, 0.15) is 0 Å². The fraction of sp³-hybridized carbons (Fsp3) is 0.417. The molecule has 1 fully saturated rings. The molecule has 0 spiro atoms. The van der Waals surface area contributed by atoms with E-state index in [9.17, 15) is 0 Å². The highest BCUT2D eigenvalue weighted by Gasteiger charge is 2.17. The van der Waals surface area contributed by atoms with Gasteiger partial charge in [0, 0.05) is 24.8 Å². The molecule has 0 amide bonds. The molecular formula is C12H17N3S. The number of nitrogens with zero attached hydrogens (tertiary/aromatic N) is 1. The van der Waals surface area contributed by atoms with E-state index in [4.69, 9.17) is 18.0 Å². The number of benzene rings is 1. The molecule has 0 radical (unpaired) electrons. The van der Waals surface area contributed by atoms with Crippen LogP contribution in [0.2, 0.25) is 0 Å². The minimum absolute atomic E-state index is 0.209. The van der Waals surface area contributed by atoms with E-state index < -0.39 is 0 Å². The molecule has 1 heterocycles. The summed E-state index contributed by atoms with van der Waals surface area (Å²) in [5, 5.41) is 3.97. The van der Waals surface area contributed by atoms with E-state index in [2.05, 4.69) is 34.5 Å². The Morgan fingerprint density at radius 1 is 1.44 bits per heavy atom. The second kappa shape index (κ2) is 4.80. The molecule has 1 aliphatic heterocycles. The molecule has 1 aromatic rings. The first kappa shape index (κ1) is 11.4. The van der Waals surface area contributed by atoms with E-state index in [0.29, 0.717) is 0 Å². The standard InChI is InChI=1S/C12H17N3S/c1-9(13)8-10-2-4-11(5-3-10)15-7-6-14-12(15)16/h2-5,9H,6-8,13H2,1H3,(H,14,16). The second-order valence-electron chi connectivity index (χ2n) is 4.23. The monoisotopic (exact) mass is 235 g/mol. The van der Waals surface area contributed by atoms with Crippen LogP contribution in [0.5, 0.6) is 0 Å². The quantitative estimate of drug-likeness (QED) is 0.774. The molecule has 86 valence electrons. The van der Waals surface area contributed by atoms with Crippen molar-refractivity contribution in [3.05, 3.63) is 29.8 Å². The SMILES string of the molecule is CC(N)Cc1ccc(N2CCNC2=S)cc1. The first-order valence-electron chi connectivity index (χ1n) is 5.56. The minimum atomic E-state index is 0.209. The molecule has 0 bridgehead atoms. The maximum Gasteiger partial charge on any atom is 0.173 e. The third-order valence-corrected chi connectivity index (χ3v) is 3.03. The third-order valence-electron chi connectivity index (χ3n) is 2.66. The summed E-state index contributed by atoms with van der Waals surface area (Å²) in [6.07, 6.45) is 0.920. The number of rotatable bonds is 3. The van der Waals surface area contributed by atoms with Crippen molar-refractivity contribution >= 4 is 23.0 Å². The molecular weight excluding hydrogens is 218 g/mol. The Kier molecular flexibility index (Phi) is 3.41. The first-order valence-corrected chi connectivity index (χ1v) is 5.97. The van der Waals surface area contributed by atoms with Gasteiger partial charge in [-0.3, -0.25) is 0 Å². The number of nitrogens with two attached hydrogens (primary N) is 1. The molecule has 0 aromatic heterocycles. The number of anilines is 1. The van der Waals surface area contributed by atoms with Crippen LogP contribution in [0.4, 0.5) is 5.69 Å². The third kappa shape index (κ3) is 2.51. The highest BCUT2D eigenvalue weighted by Crippen LogP contribution is 2.17. The van der Waals surface area contributed by atoms with E-state index in [-0.39, 0.29) is 6.04 Å². The van der Waals surface area contributed by atoms with Crippen LogP contribution in [0.25, 0.3) is 0 Å². The van der Waals surface area contributed by atoms with Gasteiger partial charge in [0.15, 0.2) is 5.11 Å². The Hall–Kier alpha value is -1.13. The summed E-state index contributed by atoms with van der Waals surface area (Å²) in [6, 6.07) is 8.67. The summed E-state index contributed by atoms with van der Waals surface area (Å²) in [5.74, 6) is 0. The predicted molar refractivity (Wildman–Crippen MR) is 71.7 cm³/mol. The van der Waals surface area contributed by atoms with Crippen LogP contribution >= 0.6 is 12.2 Å². The topological polar surface area (TPSA) is 41.3 Å². The molecule has 1 aromatic carbocycles. The van der Waals surface area contributed by atoms with E-state index in [1.165, 1.54) is 5.56 Å². The molecule has 1 unspecified atom stereocenters. The summed E-state index contributed by atoms with van der Waals surface area (Å²) in [4.78, 5) is 2.12. The number of thiocarbonyl (C=S) groups is 1. The Bertz CT molecular complexity index is 372. The van der Waals surface area contributed by atoms with E-state index in [1.807, 2.05) is 6.92 Å². The number of nitrogens with one attached hydrogen (secondary N) is 1. The molecule has 0 saturated carbocycles. The van der Waals surface area contributed by atoms with Crippen LogP contribution in [-0.2, 0) is 6.42 Å². The van der Waals surface area contributed by atoms with Crippen LogP contribution in [-0.4, -0.2) is 24.2 Å². The molecule has 2 rings (SSSR count). The minimum Gasteiger partial charge on any atom is -0.360 e. The highest BCUT2D eigenvalue weighted by atomic mass is 32.1. The fourth-order valence-electron chi connectivity index (χ4n) is 1.90. The summed E-state index contributed by atoms with van der Waals surface area (Å²) in [7, 11) is 0. The zero-order valence-corrected chi connectivity index (χ0v) is 10.3. The average Bonchev–Trinajstić information content (AvgIpc) is 2.65. The summed E-state index contributed by atoms with van der Waals surface area (Å²) in [6.45, 7) is 3.90. The van der Waals surface area contributed by atoms with Crippen LogP contribution < -0.4 is 16.0 Å². The molecule has 1 saturated heterocycles. The van der Waals surface area contributed by atoms with E-state index >= 15 is 0 Å². The number of hydrogen-bond acceptors (Lipinski definition) is 2. The van der Waals surface area contributed by atoms with E-state index in [0.717, 1.165) is 30.3 Å². The lowest BCUT2D eigenvalue weighted by molar-refractivity contribution is 0.738. The molecule has 1 atom stereocenters. The zero-order chi connectivity index (χ0) is 11.5. The molecule has 16 heavy (non-hydrogen) atoms. The maximum atomic E-state index is 5.77. The molecule has 3 nitrogen and oxygen atoms in total. The van der Waals surface area contributed by atoms with Gasteiger partial charge in [0.2, 0.25) is 0 Å². The van der Waals surface area contributed by atoms with Gasteiger partial charge in [-0.25, -0.2) is 0 Å². The van der Waals surface area contributed by atoms with Crippen LogP contribution in [0.3, 0.4) is 0 Å². The normalized spacial score (nSPS) is 17.4. The Morgan fingerprint density at radius 2 is 2.12 bits per heavy atom. The van der Waals surface area contributed by atoms with E-state index in [1.54, 1.807) is 0 Å². The lowest BCUT2D eigenvalue weighted by Crippen LogP contribution is -2.27. The molecule has 1 aliphatic rings. The van der Waals surface area contributed by atoms with Gasteiger partial charge < -0.3 is 16.0 Å². The van der Waals surface area contributed by atoms with Crippen LogP contribution in [0.1, 0.15) is 12.5 Å². The lowest BCUT2D eigenvalue weighted by atomic mass is 10.1. The fourth-order valence-corrected chi connectivity index (χ4v) is 2.20. The Balaban J connectivity index is 2.09. The van der Waals surface area contributed by atoms with Crippen molar-refractivity contribution in [2.75, 3.05) is 18.0 Å². The van der Waals surface area contributed by atoms with Crippen molar-refractivity contribution in [3.8, 4) is 0 Å². The predicted octanol–water partition coefficient (Wildman–Crippen LogP) is 1.27. The Labute approximate surface area is 102 Å². The highest BCUT2D eigenvalue weighted by molar-refractivity contribution is 7.80. The summed E-state index contributed by atoms with van der Waals surface area (Å²) in [5.41, 5.74) is 8.20. The second-order valence-corrected chi connectivity index (χ2v) is 4.62. The van der Waals surface area contributed by atoms with Gasteiger partial charge >= 0.3 is 0 Å². The van der Waals surface area contributed by atoms with Gasteiger partial charge in [0.05, 0.1) is 0 Å². The van der Waals surface area contributed by atoms with Gasteiger partial charge in [-0.05, 0) is 43.3 Å². The van der Waals surface area contributed by atoms with Crippen molar-refractivity contribution in [1.82, 2.24) is 5.32 Å². The zero-order valence-electron chi connectivity index (χ0n) is 9.44. The van der Waals surface area contributed by atoms with Gasteiger partial charge in [-0.1, -0.05) is 12.1 Å². The van der Waals surface area contributed by atoms with Crippen molar-refractivity contribution in [1.29, 1.82) is 0 Å². The molecule has 3 N–H and O–H groups in total.